The molecule has 1 N–H and O–H groups in total. The minimum absolute atomic E-state index is 0.242. The molecule has 2 fully saturated rings. The van der Waals surface area contributed by atoms with Crippen LogP contribution >= 0.6 is 0 Å². The van der Waals surface area contributed by atoms with Gasteiger partial charge < -0.3 is 19.4 Å². The third-order valence-corrected chi connectivity index (χ3v) is 5.93. The average Bonchev–Trinajstić information content (AvgIpc) is 3.18. The van der Waals surface area contributed by atoms with Gasteiger partial charge in [0.1, 0.15) is 6.61 Å². The number of nitrogens with zero attached hydrogens (tertiary/aromatic N) is 5. The standard InChI is InChI=1S/C21H28N6O4/c1-3-27-17-18(24(2)21(30)23-19(17)29)22-20(27)26-11-9-25(10-12-26)13-16(28)31-14-15-7-5-4-6-8-15/h4-8,17-18H,3,9-14H2,1-2H3,(H,23,29,30). The maximum absolute atomic E-state index is 12.4. The van der Waals surface area contributed by atoms with E-state index in [0.717, 1.165) is 11.5 Å². The molecule has 0 saturated carbocycles. The lowest BCUT2D eigenvalue weighted by Crippen LogP contribution is -2.64. The minimum atomic E-state index is -0.512. The first kappa shape index (κ1) is 21.1. The summed E-state index contributed by atoms with van der Waals surface area (Å²) < 4.78 is 5.38. The van der Waals surface area contributed by atoms with Gasteiger partial charge in [-0.2, -0.15) is 0 Å². The third-order valence-electron chi connectivity index (χ3n) is 5.93. The Morgan fingerprint density at radius 3 is 2.55 bits per heavy atom. The first-order chi connectivity index (χ1) is 15.0. The van der Waals surface area contributed by atoms with Crippen LogP contribution in [-0.2, 0) is 20.9 Å². The summed E-state index contributed by atoms with van der Waals surface area (Å²) in [7, 11) is 1.65. The number of hydrogen-bond donors (Lipinski definition) is 1. The second-order valence-electron chi connectivity index (χ2n) is 7.89. The van der Waals surface area contributed by atoms with Crippen LogP contribution in [0.4, 0.5) is 4.79 Å². The van der Waals surface area contributed by atoms with Gasteiger partial charge in [-0.25, -0.2) is 9.79 Å². The molecule has 3 amide bonds. The highest BCUT2D eigenvalue weighted by molar-refractivity contribution is 6.03. The van der Waals surface area contributed by atoms with E-state index in [9.17, 15) is 14.4 Å². The average molecular weight is 428 g/mol. The second-order valence-corrected chi connectivity index (χ2v) is 7.89. The molecule has 3 aliphatic heterocycles. The number of piperazine rings is 1. The fourth-order valence-electron chi connectivity index (χ4n) is 4.19. The quantitative estimate of drug-likeness (QED) is 0.655. The Kier molecular flexibility index (Phi) is 6.08. The number of amides is 3. The fraction of sp³-hybridized carbons (Fsp3) is 0.524. The number of carbonyl (C=O) groups excluding carboxylic acids is 3. The predicted octanol–water partition coefficient (Wildman–Crippen LogP) is -0.0848. The van der Waals surface area contributed by atoms with Gasteiger partial charge in [-0.1, -0.05) is 30.3 Å². The van der Waals surface area contributed by atoms with Gasteiger partial charge in [0.05, 0.1) is 6.54 Å². The van der Waals surface area contributed by atoms with E-state index in [1.807, 2.05) is 42.2 Å². The zero-order valence-corrected chi connectivity index (χ0v) is 17.9. The van der Waals surface area contributed by atoms with E-state index in [1.165, 1.54) is 4.90 Å². The fourth-order valence-corrected chi connectivity index (χ4v) is 4.19. The molecule has 2 saturated heterocycles. The molecule has 0 spiro atoms. The number of rotatable bonds is 5. The monoisotopic (exact) mass is 428 g/mol. The van der Waals surface area contributed by atoms with Crippen molar-refractivity contribution in [2.24, 2.45) is 4.99 Å². The van der Waals surface area contributed by atoms with Crippen molar-refractivity contribution in [3.63, 3.8) is 0 Å². The smallest absolute Gasteiger partial charge is 0.325 e. The van der Waals surface area contributed by atoms with Gasteiger partial charge in [0.25, 0.3) is 5.91 Å². The van der Waals surface area contributed by atoms with Gasteiger partial charge in [0, 0.05) is 39.8 Å². The van der Waals surface area contributed by atoms with Crippen LogP contribution < -0.4 is 5.32 Å². The minimum Gasteiger partial charge on any atom is -0.460 e. The molecule has 3 heterocycles. The lowest BCUT2D eigenvalue weighted by atomic mass is 10.1. The summed E-state index contributed by atoms with van der Waals surface area (Å²) in [5.41, 5.74) is 0.966. The molecule has 2 unspecified atom stereocenters. The van der Waals surface area contributed by atoms with Crippen molar-refractivity contribution >= 4 is 23.9 Å². The van der Waals surface area contributed by atoms with Gasteiger partial charge in [-0.3, -0.25) is 19.8 Å². The molecule has 31 heavy (non-hydrogen) atoms. The Morgan fingerprint density at radius 2 is 1.87 bits per heavy atom. The number of carbonyl (C=O) groups is 3. The van der Waals surface area contributed by atoms with Crippen LogP contribution in [0.2, 0.25) is 0 Å². The first-order valence-electron chi connectivity index (χ1n) is 10.6. The van der Waals surface area contributed by atoms with E-state index >= 15 is 0 Å². The summed E-state index contributed by atoms with van der Waals surface area (Å²) in [6.07, 6.45) is -0.512. The van der Waals surface area contributed by atoms with E-state index < -0.39 is 18.2 Å². The molecule has 10 heteroatoms. The summed E-state index contributed by atoms with van der Waals surface area (Å²) in [5.74, 6) is 0.183. The normalized spacial score (nSPS) is 24.1. The van der Waals surface area contributed by atoms with Crippen molar-refractivity contribution in [2.75, 3.05) is 46.3 Å². The number of ether oxygens (including phenoxy) is 1. The number of esters is 1. The van der Waals surface area contributed by atoms with Crippen molar-refractivity contribution in [3.05, 3.63) is 35.9 Å². The van der Waals surface area contributed by atoms with Crippen LogP contribution in [0.1, 0.15) is 12.5 Å². The first-order valence-corrected chi connectivity index (χ1v) is 10.6. The van der Waals surface area contributed by atoms with Crippen molar-refractivity contribution in [2.45, 2.75) is 25.7 Å². The number of likely N-dealkylation sites (N-methyl/N-ethyl adjacent to an activating group) is 2. The molecule has 2 atom stereocenters. The summed E-state index contributed by atoms with van der Waals surface area (Å²) in [6, 6.07) is 8.69. The van der Waals surface area contributed by atoms with Gasteiger partial charge in [0.2, 0.25) is 0 Å². The molecule has 0 radical (unpaired) electrons. The van der Waals surface area contributed by atoms with Gasteiger partial charge in [-0.15, -0.1) is 0 Å². The molecular weight excluding hydrogens is 400 g/mol. The number of urea groups is 1. The molecule has 0 aliphatic carbocycles. The Morgan fingerprint density at radius 1 is 1.16 bits per heavy atom. The van der Waals surface area contributed by atoms with E-state index in [0.29, 0.717) is 32.7 Å². The van der Waals surface area contributed by atoms with Crippen LogP contribution in [0.5, 0.6) is 0 Å². The van der Waals surface area contributed by atoms with Crippen molar-refractivity contribution in [1.29, 1.82) is 0 Å². The highest BCUT2D eigenvalue weighted by Gasteiger charge is 2.49. The van der Waals surface area contributed by atoms with Crippen molar-refractivity contribution < 1.29 is 19.1 Å². The number of nitrogens with one attached hydrogen (secondary N) is 1. The maximum atomic E-state index is 12.4. The van der Waals surface area contributed by atoms with Crippen molar-refractivity contribution in [3.8, 4) is 0 Å². The SMILES string of the molecule is CCN1C(N2CCN(CC(=O)OCc3ccccc3)CC2)=NC2C1C(=O)NC(=O)N2C. The highest BCUT2D eigenvalue weighted by Crippen LogP contribution is 2.25. The summed E-state index contributed by atoms with van der Waals surface area (Å²) in [5, 5.41) is 2.40. The molecule has 4 rings (SSSR count). The molecule has 1 aromatic carbocycles. The van der Waals surface area contributed by atoms with Crippen LogP contribution in [0.25, 0.3) is 0 Å². The molecule has 10 nitrogen and oxygen atoms in total. The van der Waals surface area contributed by atoms with Crippen LogP contribution in [0.15, 0.2) is 35.3 Å². The molecular formula is C21H28N6O4. The van der Waals surface area contributed by atoms with Gasteiger partial charge in [-0.05, 0) is 12.5 Å². The highest BCUT2D eigenvalue weighted by atomic mass is 16.5. The Bertz CT molecular complexity index is 868. The summed E-state index contributed by atoms with van der Waals surface area (Å²) >= 11 is 0. The van der Waals surface area contributed by atoms with Crippen LogP contribution in [0.3, 0.4) is 0 Å². The molecule has 1 aromatic rings. The zero-order chi connectivity index (χ0) is 22.0. The van der Waals surface area contributed by atoms with E-state index in [4.69, 9.17) is 9.73 Å². The lowest BCUT2D eigenvalue weighted by molar-refractivity contribution is -0.146. The van der Waals surface area contributed by atoms with Gasteiger partial charge >= 0.3 is 12.0 Å². The topological polar surface area (TPSA) is 97.8 Å². The second kappa shape index (κ2) is 8.93. The van der Waals surface area contributed by atoms with E-state index in [1.54, 1.807) is 7.05 Å². The number of guanidine groups is 1. The number of benzene rings is 1. The number of hydrogen-bond acceptors (Lipinski definition) is 8. The molecule has 0 aromatic heterocycles. The Balaban J connectivity index is 1.31. The summed E-state index contributed by atoms with van der Waals surface area (Å²) in [4.78, 5) is 48.9. The van der Waals surface area contributed by atoms with E-state index in [2.05, 4.69) is 15.1 Å². The Hall–Kier alpha value is -3.14. The maximum Gasteiger partial charge on any atom is 0.325 e. The Labute approximate surface area is 181 Å². The zero-order valence-electron chi connectivity index (χ0n) is 17.9. The molecule has 166 valence electrons. The number of fused-ring (bicyclic) bond motifs is 1. The number of imide groups is 1. The summed E-state index contributed by atoms with van der Waals surface area (Å²) in [6.45, 7) is 5.84. The lowest BCUT2D eigenvalue weighted by Gasteiger charge is -2.39. The van der Waals surface area contributed by atoms with Crippen LogP contribution in [-0.4, -0.2) is 102 Å². The molecule has 3 aliphatic rings. The van der Waals surface area contributed by atoms with Crippen molar-refractivity contribution in [1.82, 2.24) is 24.9 Å². The largest absolute Gasteiger partial charge is 0.460 e. The van der Waals surface area contributed by atoms with Gasteiger partial charge in [0.15, 0.2) is 18.2 Å². The van der Waals surface area contributed by atoms with E-state index in [-0.39, 0.29) is 25.0 Å². The third kappa shape index (κ3) is 4.34. The predicted molar refractivity (Wildman–Crippen MR) is 113 cm³/mol. The van der Waals surface area contributed by atoms with Crippen LogP contribution in [0, 0.1) is 0 Å². The number of aliphatic imine (C=N–C) groups is 1. The molecule has 0 bridgehead atoms.